The minimum Gasteiger partial charge on any atom is -0.480 e. The third-order valence-corrected chi connectivity index (χ3v) is 7.31. The molecule has 174 valence electrons. The zero-order valence-electron chi connectivity index (χ0n) is 18.9. The number of aliphatic carboxylic acids is 1. The summed E-state index contributed by atoms with van der Waals surface area (Å²) in [4.78, 5) is 33.5. The van der Waals surface area contributed by atoms with Gasteiger partial charge in [0.25, 0.3) is 0 Å². The molecule has 5 rings (SSSR count). The monoisotopic (exact) mass is 449 g/mol. The van der Waals surface area contributed by atoms with Gasteiger partial charge in [0.1, 0.15) is 12.1 Å². The summed E-state index contributed by atoms with van der Waals surface area (Å²) in [5.41, 5.74) is 4.64. The second-order valence-corrected chi connectivity index (χ2v) is 9.34. The predicted octanol–water partition coefficient (Wildman–Crippen LogP) is 3.81. The third kappa shape index (κ3) is 4.47. The van der Waals surface area contributed by atoms with Gasteiger partial charge < -0.3 is 9.84 Å². The number of aromatic nitrogens is 1. The molecule has 1 N–H and O–H groups in total. The van der Waals surface area contributed by atoms with Crippen molar-refractivity contribution >= 4 is 12.1 Å². The number of carbonyl (C=O) groups is 2. The minimum atomic E-state index is -0.997. The lowest BCUT2D eigenvalue weighted by molar-refractivity contribution is -0.145. The van der Waals surface area contributed by atoms with Crippen LogP contribution in [0, 0.1) is 0 Å². The molecule has 1 aromatic carbocycles. The number of rotatable bonds is 3. The van der Waals surface area contributed by atoms with Crippen LogP contribution in [-0.2, 0) is 22.4 Å². The molecule has 1 aromatic heterocycles. The first-order valence-corrected chi connectivity index (χ1v) is 12.1. The van der Waals surface area contributed by atoms with E-state index in [0.717, 1.165) is 44.2 Å². The van der Waals surface area contributed by atoms with Crippen LogP contribution in [0.3, 0.4) is 0 Å². The number of ether oxygens (including phenoxy) is 1. The highest BCUT2D eigenvalue weighted by molar-refractivity contribution is 5.80. The second kappa shape index (κ2) is 9.51. The fourth-order valence-corrected chi connectivity index (χ4v) is 5.59. The maximum absolute atomic E-state index is 12.9. The van der Waals surface area contributed by atoms with E-state index in [4.69, 9.17) is 9.72 Å². The van der Waals surface area contributed by atoms with Gasteiger partial charge in [-0.3, -0.25) is 14.8 Å². The molecule has 3 aliphatic rings. The third-order valence-electron chi connectivity index (χ3n) is 7.31. The summed E-state index contributed by atoms with van der Waals surface area (Å²) in [6, 6.07) is 11.4. The summed E-state index contributed by atoms with van der Waals surface area (Å²) in [6.07, 6.45) is 8.08. The van der Waals surface area contributed by atoms with E-state index in [0.29, 0.717) is 13.1 Å². The Morgan fingerprint density at radius 3 is 2.55 bits per heavy atom. The van der Waals surface area contributed by atoms with E-state index in [2.05, 4.69) is 29.2 Å². The summed E-state index contributed by atoms with van der Waals surface area (Å²) >= 11 is 0. The predicted molar refractivity (Wildman–Crippen MR) is 123 cm³/mol. The Bertz CT molecular complexity index is 973. The highest BCUT2D eigenvalue weighted by atomic mass is 16.6. The van der Waals surface area contributed by atoms with Gasteiger partial charge in [0.05, 0.1) is 11.7 Å². The van der Waals surface area contributed by atoms with E-state index in [9.17, 15) is 14.7 Å². The van der Waals surface area contributed by atoms with Gasteiger partial charge in [-0.15, -0.1) is 0 Å². The van der Waals surface area contributed by atoms with Crippen molar-refractivity contribution in [2.75, 3.05) is 19.6 Å². The molecule has 2 heterocycles. The van der Waals surface area contributed by atoms with E-state index in [1.54, 1.807) is 0 Å². The number of nitrogens with zero attached hydrogens (tertiary/aromatic N) is 3. The molecule has 7 heteroatoms. The highest BCUT2D eigenvalue weighted by Crippen LogP contribution is 2.37. The molecule has 2 aromatic rings. The van der Waals surface area contributed by atoms with Crippen molar-refractivity contribution < 1.29 is 19.4 Å². The molecule has 1 saturated heterocycles. The van der Waals surface area contributed by atoms with Crippen molar-refractivity contribution in [1.29, 1.82) is 0 Å². The Balaban J connectivity index is 1.41. The van der Waals surface area contributed by atoms with Crippen LogP contribution in [0.4, 0.5) is 4.79 Å². The van der Waals surface area contributed by atoms with Gasteiger partial charge in [-0.25, -0.2) is 9.59 Å². The summed E-state index contributed by atoms with van der Waals surface area (Å²) in [5.74, 6) is -0.997. The molecular formula is C26H31N3O4. The SMILES string of the molecule is O=C(O)C1CN(C2c3ccccc3CCc3cccnc32)CCN1C(=O)OC1CCCCC1. The zero-order valence-corrected chi connectivity index (χ0v) is 18.9. The first-order chi connectivity index (χ1) is 16.1. The molecule has 0 radical (unpaired) electrons. The lowest BCUT2D eigenvalue weighted by Gasteiger charge is -2.42. The van der Waals surface area contributed by atoms with Crippen molar-refractivity contribution in [3.05, 3.63) is 65.0 Å². The zero-order chi connectivity index (χ0) is 22.8. The molecule has 1 saturated carbocycles. The normalized spacial score (nSPS) is 23.8. The van der Waals surface area contributed by atoms with Gasteiger partial charge in [0.2, 0.25) is 0 Å². The Labute approximate surface area is 194 Å². The molecule has 0 bridgehead atoms. The summed E-state index contributed by atoms with van der Waals surface area (Å²) < 4.78 is 5.72. The topological polar surface area (TPSA) is 83.0 Å². The fraction of sp³-hybridized carbons (Fsp3) is 0.500. The number of piperazine rings is 1. The van der Waals surface area contributed by atoms with Crippen molar-refractivity contribution in [1.82, 2.24) is 14.8 Å². The van der Waals surface area contributed by atoms with Crippen molar-refractivity contribution in [3.63, 3.8) is 0 Å². The lowest BCUT2D eigenvalue weighted by atomic mass is 9.95. The number of aryl methyl sites for hydroxylation is 2. The Morgan fingerprint density at radius 1 is 0.970 bits per heavy atom. The Hall–Kier alpha value is -2.93. The number of hydrogen-bond acceptors (Lipinski definition) is 5. The molecule has 2 fully saturated rings. The van der Waals surface area contributed by atoms with Crippen LogP contribution in [0.15, 0.2) is 42.6 Å². The van der Waals surface area contributed by atoms with Crippen LogP contribution in [0.1, 0.15) is 60.5 Å². The van der Waals surface area contributed by atoms with Crippen LogP contribution >= 0.6 is 0 Å². The van der Waals surface area contributed by atoms with Gasteiger partial charge in [0, 0.05) is 25.8 Å². The number of carboxylic acids is 1. The van der Waals surface area contributed by atoms with Crippen LogP contribution in [0.5, 0.6) is 0 Å². The summed E-state index contributed by atoms with van der Waals surface area (Å²) in [7, 11) is 0. The smallest absolute Gasteiger partial charge is 0.410 e. The number of amides is 1. The Morgan fingerprint density at radius 2 is 1.73 bits per heavy atom. The second-order valence-electron chi connectivity index (χ2n) is 9.34. The molecule has 2 aliphatic carbocycles. The number of carbonyl (C=O) groups excluding carboxylic acids is 1. The van der Waals surface area contributed by atoms with E-state index in [1.165, 1.54) is 28.0 Å². The molecule has 2 atom stereocenters. The molecular weight excluding hydrogens is 418 g/mol. The number of fused-ring (bicyclic) bond motifs is 2. The number of pyridine rings is 1. The molecule has 1 aliphatic heterocycles. The van der Waals surface area contributed by atoms with Gasteiger partial charge in [-0.05, 0) is 61.3 Å². The van der Waals surface area contributed by atoms with E-state index in [-0.39, 0.29) is 18.7 Å². The van der Waals surface area contributed by atoms with Crippen LogP contribution in [0.2, 0.25) is 0 Å². The molecule has 33 heavy (non-hydrogen) atoms. The summed E-state index contributed by atoms with van der Waals surface area (Å²) in [5, 5.41) is 10.0. The van der Waals surface area contributed by atoms with Gasteiger partial charge in [-0.1, -0.05) is 36.8 Å². The Kier molecular flexibility index (Phi) is 6.31. The van der Waals surface area contributed by atoms with Crippen LogP contribution in [-0.4, -0.2) is 63.7 Å². The number of carboxylic acid groups (broad SMARTS) is 1. The van der Waals surface area contributed by atoms with Crippen LogP contribution < -0.4 is 0 Å². The largest absolute Gasteiger partial charge is 0.480 e. The molecule has 2 unspecified atom stereocenters. The first-order valence-electron chi connectivity index (χ1n) is 12.1. The molecule has 7 nitrogen and oxygen atoms in total. The van der Waals surface area contributed by atoms with Crippen molar-refractivity contribution in [2.45, 2.75) is 63.1 Å². The van der Waals surface area contributed by atoms with E-state index in [1.807, 2.05) is 18.3 Å². The van der Waals surface area contributed by atoms with E-state index >= 15 is 0 Å². The van der Waals surface area contributed by atoms with Crippen LogP contribution in [0.25, 0.3) is 0 Å². The number of benzene rings is 1. The molecule has 1 amide bonds. The maximum atomic E-state index is 12.9. The van der Waals surface area contributed by atoms with Crippen molar-refractivity contribution in [2.24, 2.45) is 0 Å². The maximum Gasteiger partial charge on any atom is 0.410 e. The standard InChI is InChI=1S/C26H31N3O4/c30-25(31)22-17-28(15-16-29(22)26(32)33-20-9-2-1-3-10-20)24-21-11-5-4-7-18(21)12-13-19-8-6-14-27-23(19)24/h4-8,11,14,20,22,24H,1-3,9-10,12-13,15-17H2,(H,30,31). The minimum absolute atomic E-state index is 0.0939. The number of hydrogen-bond donors (Lipinski definition) is 1. The lowest BCUT2D eigenvalue weighted by Crippen LogP contribution is -2.59. The first kappa shape index (κ1) is 21.9. The average molecular weight is 450 g/mol. The van der Waals surface area contributed by atoms with Gasteiger partial charge in [0.15, 0.2) is 0 Å². The average Bonchev–Trinajstić information content (AvgIpc) is 3.01. The van der Waals surface area contributed by atoms with Gasteiger partial charge >= 0.3 is 12.1 Å². The van der Waals surface area contributed by atoms with E-state index < -0.39 is 18.1 Å². The highest BCUT2D eigenvalue weighted by Gasteiger charge is 2.41. The van der Waals surface area contributed by atoms with Gasteiger partial charge in [-0.2, -0.15) is 0 Å². The van der Waals surface area contributed by atoms with Crippen molar-refractivity contribution in [3.8, 4) is 0 Å². The summed E-state index contributed by atoms with van der Waals surface area (Å²) in [6.45, 7) is 1.13. The quantitative estimate of drug-likeness (QED) is 0.767. The fourth-order valence-electron chi connectivity index (χ4n) is 5.59. The molecule has 0 spiro atoms.